The van der Waals surface area contributed by atoms with E-state index in [1.807, 2.05) is 13.0 Å². The van der Waals surface area contributed by atoms with Gasteiger partial charge in [-0.25, -0.2) is 9.18 Å². The summed E-state index contributed by atoms with van der Waals surface area (Å²) in [6, 6.07) is 8.82. The molecule has 1 unspecified atom stereocenters. The molecule has 10 heteroatoms. The van der Waals surface area contributed by atoms with Gasteiger partial charge in [-0.2, -0.15) is 0 Å². The number of phenols is 6. The van der Waals surface area contributed by atoms with Gasteiger partial charge < -0.3 is 40.5 Å². The Morgan fingerprint density at radius 1 is 0.939 bits per heavy atom. The Bertz CT molecular complexity index is 1220. The molecule has 0 radical (unpaired) electrons. The lowest BCUT2D eigenvalue weighted by atomic mass is 9.94. The summed E-state index contributed by atoms with van der Waals surface area (Å²) in [5, 5.41) is 63.6. The first-order chi connectivity index (χ1) is 15.5. The van der Waals surface area contributed by atoms with Gasteiger partial charge in [-0.15, -0.1) is 0 Å². The number of aromatic carboxylic acids is 1. The van der Waals surface area contributed by atoms with Crippen molar-refractivity contribution in [3.63, 3.8) is 0 Å². The molecule has 9 nitrogen and oxygen atoms in total. The van der Waals surface area contributed by atoms with Gasteiger partial charge in [0, 0.05) is 11.6 Å². The number of ether oxygens (including phenoxy) is 1. The number of hydrogen-bond donors (Lipinski definition) is 7. The minimum absolute atomic E-state index is 0.125. The predicted octanol–water partition coefficient (Wildman–Crippen LogP) is 3.82. The number of carboxylic acids is 1. The van der Waals surface area contributed by atoms with Crippen LogP contribution >= 0.6 is 0 Å². The molecule has 0 aliphatic carbocycles. The van der Waals surface area contributed by atoms with Crippen LogP contribution < -0.4 is 4.74 Å². The average molecular weight is 460 g/mol. The Labute approximate surface area is 186 Å². The topological polar surface area (TPSA) is 168 Å². The molecule has 0 spiro atoms. The van der Waals surface area contributed by atoms with Crippen molar-refractivity contribution in [1.29, 1.82) is 0 Å². The highest BCUT2D eigenvalue weighted by Gasteiger charge is 2.25. The summed E-state index contributed by atoms with van der Waals surface area (Å²) < 4.78 is 18.7. The summed E-state index contributed by atoms with van der Waals surface area (Å²) in [6.07, 6.45) is 1.25. The van der Waals surface area contributed by atoms with Gasteiger partial charge in [0.05, 0.1) is 0 Å². The molecule has 0 saturated heterocycles. The Balaban J connectivity index is 0.000000205. The highest BCUT2D eigenvalue weighted by atomic mass is 19.1. The summed E-state index contributed by atoms with van der Waals surface area (Å²) in [5.41, 5.74) is 1.64. The quantitative estimate of drug-likeness (QED) is 0.281. The molecule has 1 aliphatic heterocycles. The van der Waals surface area contributed by atoms with Crippen molar-refractivity contribution in [1.82, 2.24) is 0 Å². The smallest absolute Gasteiger partial charge is 0.338 e. The summed E-state index contributed by atoms with van der Waals surface area (Å²) in [6.45, 7) is 1.87. The van der Waals surface area contributed by atoms with Crippen molar-refractivity contribution < 1.29 is 49.7 Å². The first-order valence-electron chi connectivity index (χ1n) is 9.67. The number of benzene rings is 3. The number of fused-ring (bicyclic) bond motifs is 1. The minimum atomic E-state index is -1.65. The van der Waals surface area contributed by atoms with Gasteiger partial charge in [-0.1, -0.05) is 6.07 Å². The Kier molecular flexibility index (Phi) is 6.38. The third-order valence-corrected chi connectivity index (χ3v) is 5.17. The largest absolute Gasteiger partial charge is 0.508 e. The number of aryl methyl sites for hydroxylation is 1. The summed E-state index contributed by atoms with van der Waals surface area (Å²) in [4.78, 5) is 10.3. The fourth-order valence-corrected chi connectivity index (χ4v) is 3.44. The molecule has 7 N–H and O–H groups in total. The zero-order valence-corrected chi connectivity index (χ0v) is 17.3. The number of halogens is 1. The Morgan fingerprint density at radius 3 is 2.27 bits per heavy atom. The van der Waals surface area contributed by atoms with E-state index in [-0.39, 0.29) is 23.4 Å². The molecule has 3 aromatic carbocycles. The van der Waals surface area contributed by atoms with Crippen molar-refractivity contribution in [2.75, 3.05) is 0 Å². The zero-order chi connectivity index (χ0) is 24.4. The molecule has 1 aliphatic rings. The van der Waals surface area contributed by atoms with Crippen LogP contribution in [0.4, 0.5) is 4.39 Å². The predicted molar refractivity (Wildman–Crippen MR) is 113 cm³/mol. The van der Waals surface area contributed by atoms with E-state index in [4.69, 9.17) is 25.2 Å². The van der Waals surface area contributed by atoms with Gasteiger partial charge in [0.25, 0.3) is 0 Å². The Hall–Kier alpha value is -4.34. The Morgan fingerprint density at radius 2 is 1.61 bits per heavy atom. The van der Waals surface area contributed by atoms with Gasteiger partial charge in [0.15, 0.2) is 28.8 Å². The minimum Gasteiger partial charge on any atom is -0.508 e. The number of carbonyl (C=O) groups is 1. The van der Waals surface area contributed by atoms with Crippen LogP contribution in [-0.4, -0.2) is 41.7 Å². The van der Waals surface area contributed by atoms with E-state index in [1.54, 1.807) is 18.2 Å². The second-order valence-electron chi connectivity index (χ2n) is 7.36. The lowest BCUT2D eigenvalue weighted by Crippen LogP contribution is -2.16. The van der Waals surface area contributed by atoms with E-state index in [0.29, 0.717) is 18.2 Å². The van der Waals surface area contributed by atoms with Crippen LogP contribution in [0.2, 0.25) is 0 Å². The highest BCUT2D eigenvalue weighted by molar-refractivity contribution is 5.89. The number of rotatable bonds is 2. The average Bonchev–Trinajstić information content (AvgIpc) is 2.77. The molecule has 0 aromatic heterocycles. The van der Waals surface area contributed by atoms with Gasteiger partial charge in [0.2, 0.25) is 5.75 Å². The second kappa shape index (κ2) is 9.03. The number of aromatic hydroxyl groups is 6. The third kappa shape index (κ3) is 4.64. The summed E-state index contributed by atoms with van der Waals surface area (Å²) in [5.74, 6) is -5.72. The fourth-order valence-electron chi connectivity index (χ4n) is 3.44. The van der Waals surface area contributed by atoms with Gasteiger partial charge >= 0.3 is 5.97 Å². The van der Waals surface area contributed by atoms with Gasteiger partial charge in [-0.05, 0) is 55.2 Å². The van der Waals surface area contributed by atoms with E-state index in [2.05, 4.69) is 0 Å². The van der Waals surface area contributed by atoms with E-state index < -0.39 is 34.6 Å². The van der Waals surface area contributed by atoms with Crippen LogP contribution in [0.3, 0.4) is 0 Å². The maximum atomic E-state index is 12.8. The van der Waals surface area contributed by atoms with Crippen molar-refractivity contribution in [3.05, 3.63) is 64.5 Å². The number of hydrogen-bond acceptors (Lipinski definition) is 8. The summed E-state index contributed by atoms with van der Waals surface area (Å²) in [7, 11) is 0. The molecule has 33 heavy (non-hydrogen) atoms. The van der Waals surface area contributed by atoms with Crippen LogP contribution in [0.1, 0.15) is 39.6 Å². The third-order valence-electron chi connectivity index (χ3n) is 5.17. The zero-order valence-electron chi connectivity index (χ0n) is 17.3. The molecule has 0 fully saturated rings. The number of phenolic OH excluding ortho intramolecular Hbond substituents is 6. The maximum absolute atomic E-state index is 12.8. The maximum Gasteiger partial charge on any atom is 0.338 e. The molecule has 0 bridgehead atoms. The van der Waals surface area contributed by atoms with Crippen molar-refractivity contribution in [2.24, 2.45) is 0 Å². The normalized spacial score (nSPS) is 14.4. The van der Waals surface area contributed by atoms with Crippen LogP contribution in [0, 0.1) is 12.7 Å². The van der Waals surface area contributed by atoms with Crippen LogP contribution in [0.5, 0.6) is 40.2 Å². The highest BCUT2D eigenvalue weighted by Crippen LogP contribution is 2.41. The molecule has 1 heterocycles. The van der Waals surface area contributed by atoms with Crippen LogP contribution in [0.15, 0.2) is 36.4 Å². The van der Waals surface area contributed by atoms with E-state index in [0.717, 1.165) is 23.1 Å². The van der Waals surface area contributed by atoms with Gasteiger partial charge in [0.1, 0.15) is 23.2 Å². The van der Waals surface area contributed by atoms with Crippen molar-refractivity contribution in [3.8, 4) is 40.2 Å². The summed E-state index contributed by atoms with van der Waals surface area (Å²) >= 11 is 0. The first kappa shape index (κ1) is 23.3. The molecule has 0 saturated carbocycles. The van der Waals surface area contributed by atoms with Crippen molar-refractivity contribution >= 4 is 5.97 Å². The lowest BCUT2D eigenvalue weighted by Gasteiger charge is -2.28. The van der Waals surface area contributed by atoms with E-state index in [9.17, 15) is 24.5 Å². The van der Waals surface area contributed by atoms with Gasteiger partial charge in [-0.3, -0.25) is 0 Å². The fraction of sp³-hybridized carbons (Fsp3) is 0.174. The van der Waals surface area contributed by atoms with E-state index >= 15 is 0 Å². The number of carboxylic acid groups (broad SMARTS) is 1. The molecule has 0 amide bonds. The SMILES string of the molecule is Cc1cc(O)c(O)cc1C1CCc2c(O)cccc2O1.O=C(O)c1cc(O)c(O)c(O)c1F. The lowest BCUT2D eigenvalue weighted by molar-refractivity contribution is 0.0690. The molecule has 3 aromatic rings. The molecular formula is C23H21FO9. The van der Waals surface area contributed by atoms with Crippen LogP contribution in [-0.2, 0) is 6.42 Å². The molecule has 1 atom stereocenters. The van der Waals surface area contributed by atoms with Crippen LogP contribution in [0.25, 0.3) is 0 Å². The first-order valence-corrected chi connectivity index (χ1v) is 9.67. The standard InChI is InChI=1S/C16H16O4.C7H5FO5/c1-9-7-13(18)14(19)8-11(9)16-6-5-10-12(17)3-2-4-15(10)20-16;8-4-2(7(12)13)1-3(9)5(10)6(4)11/h2-4,7-8,16-19H,5-6H2,1H3;1,9-11H,(H,12,13). The molecule has 174 valence electrons. The molecular weight excluding hydrogens is 439 g/mol. The van der Waals surface area contributed by atoms with Crippen molar-refractivity contribution in [2.45, 2.75) is 25.9 Å². The molecule has 4 rings (SSSR count). The second-order valence-corrected chi connectivity index (χ2v) is 7.36. The van der Waals surface area contributed by atoms with E-state index in [1.165, 1.54) is 6.07 Å². The monoisotopic (exact) mass is 460 g/mol.